The topological polar surface area (TPSA) is 79.7 Å². The highest BCUT2D eigenvalue weighted by molar-refractivity contribution is 5.82. The Balaban J connectivity index is 1.88. The van der Waals surface area contributed by atoms with Crippen molar-refractivity contribution in [2.45, 2.75) is 33.0 Å². The van der Waals surface area contributed by atoms with Crippen molar-refractivity contribution in [3.05, 3.63) is 18.2 Å². The average molecular weight is 337 g/mol. The predicted octanol–water partition coefficient (Wildman–Crippen LogP) is 0.538. The fraction of sp³-hybridized carbons (Fsp3) is 0.688. The first-order valence-corrected chi connectivity index (χ1v) is 8.23. The Kier molecular flexibility index (Phi) is 6.19. The van der Waals surface area contributed by atoms with Gasteiger partial charge in [-0.15, -0.1) is 0 Å². The summed E-state index contributed by atoms with van der Waals surface area (Å²) in [4.78, 5) is 31.6. The second-order valence-corrected chi connectivity index (χ2v) is 6.63. The number of morpholine rings is 1. The lowest BCUT2D eigenvalue weighted by atomic mass is 10.2. The standard InChI is InChI=1S/C16H27N5O3/c1-12(2)9-21-11-17-7-13(21)8-18-16(23)20-5-6-24-14(10-20)15(22)19(3)4/h7,11-12,14H,5-6,8-10H2,1-4H3,(H,18,23). The highest BCUT2D eigenvalue weighted by Crippen LogP contribution is 2.09. The summed E-state index contributed by atoms with van der Waals surface area (Å²) in [6.07, 6.45) is 2.95. The molecule has 1 atom stereocenters. The number of nitrogens with zero attached hydrogens (tertiary/aromatic N) is 4. The molecule has 0 bridgehead atoms. The summed E-state index contributed by atoms with van der Waals surface area (Å²) in [7, 11) is 3.36. The van der Waals surface area contributed by atoms with Crippen molar-refractivity contribution in [1.82, 2.24) is 24.7 Å². The fourth-order valence-corrected chi connectivity index (χ4v) is 2.60. The van der Waals surface area contributed by atoms with Crippen LogP contribution in [0.25, 0.3) is 0 Å². The highest BCUT2D eigenvalue weighted by atomic mass is 16.5. The van der Waals surface area contributed by atoms with E-state index in [1.165, 1.54) is 4.90 Å². The van der Waals surface area contributed by atoms with Crippen molar-refractivity contribution < 1.29 is 14.3 Å². The zero-order chi connectivity index (χ0) is 17.7. The number of ether oxygens (including phenoxy) is 1. The fourth-order valence-electron chi connectivity index (χ4n) is 2.60. The van der Waals surface area contributed by atoms with Gasteiger partial charge in [-0.05, 0) is 5.92 Å². The number of aromatic nitrogens is 2. The van der Waals surface area contributed by atoms with E-state index in [-0.39, 0.29) is 18.5 Å². The second kappa shape index (κ2) is 8.14. The lowest BCUT2D eigenvalue weighted by Crippen LogP contribution is -2.53. The smallest absolute Gasteiger partial charge is 0.317 e. The summed E-state index contributed by atoms with van der Waals surface area (Å²) in [6.45, 7) is 6.67. The van der Waals surface area contributed by atoms with Gasteiger partial charge in [0.15, 0.2) is 6.10 Å². The summed E-state index contributed by atoms with van der Waals surface area (Å²) < 4.78 is 7.51. The molecular weight excluding hydrogens is 310 g/mol. The number of hydrogen-bond donors (Lipinski definition) is 1. The van der Waals surface area contributed by atoms with E-state index in [2.05, 4.69) is 24.1 Å². The molecule has 1 saturated heterocycles. The Hall–Kier alpha value is -2.09. The third kappa shape index (κ3) is 4.70. The van der Waals surface area contributed by atoms with Crippen LogP contribution in [0.3, 0.4) is 0 Å². The normalized spacial score (nSPS) is 17.9. The first kappa shape index (κ1) is 18.3. The van der Waals surface area contributed by atoms with Crippen molar-refractivity contribution in [2.24, 2.45) is 5.92 Å². The average Bonchev–Trinajstić information content (AvgIpc) is 2.98. The van der Waals surface area contributed by atoms with Gasteiger partial charge >= 0.3 is 6.03 Å². The quantitative estimate of drug-likeness (QED) is 0.850. The predicted molar refractivity (Wildman–Crippen MR) is 89.3 cm³/mol. The molecule has 1 aromatic rings. The van der Waals surface area contributed by atoms with Crippen LogP contribution >= 0.6 is 0 Å². The van der Waals surface area contributed by atoms with Crippen molar-refractivity contribution in [2.75, 3.05) is 33.8 Å². The zero-order valence-corrected chi connectivity index (χ0v) is 14.9. The van der Waals surface area contributed by atoms with E-state index in [1.807, 2.05) is 4.57 Å². The summed E-state index contributed by atoms with van der Waals surface area (Å²) in [5, 5.41) is 2.90. The van der Waals surface area contributed by atoms with Crippen molar-refractivity contribution >= 4 is 11.9 Å². The maximum Gasteiger partial charge on any atom is 0.317 e. The molecule has 1 N–H and O–H groups in total. The molecule has 0 radical (unpaired) electrons. The largest absolute Gasteiger partial charge is 0.365 e. The minimum absolute atomic E-state index is 0.123. The molecule has 1 aliphatic rings. The summed E-state index contributed by atoms with van der Waals surface area (Å²) in [5.74, 6) is 0.383. The highest BCUT2D eigenvalue weighted by Gasteiger charge is 2.30. The number of rotatable bonds is 5. The van der Waals surface area contributed by atoms with E-state index >= 15 is 0 Å². The Labute approximate surface area is 142 Å². The van der Waals surface area contributed by atoms with Crippen molar-refractivity contribution in [3.8, 4) is 0 Å². The molecule has 1 aliphatic heterocycles. The molecule has 2 heterocycles. The van der Waals surface area contributed by atoms with Gasteiger partial charge in [0.05, 0.1) is 31.7 Å². The van der Waals surface area contributed by atoms with E-state index in [0.29, 0.717) is 25.6 Å². The minimum atomic E-state index is -0.592. The monoisotopic (exact) mass is 337 g/mol. The molecule has 8 heteroatoms. The number of amides is 3. The number of carbonyl (C=O) groups is 2. The molecule has 0 saturated carbocycles. The van der Waals surface area contributed by atoms with Gasteiger partial charge in [0, 0.05) is 33.4 Å². The SMILES string of the molecule is CC(C)Cn1cncc1CNC(=O)N1CCOC(C(=O)N(C)C)C1. The maximum atomic E-state index is 12.4. The van der Waals surface area contributed by atoms with Crippen LogP contribution in [0.4, 0.5) is 4.79 Å². The molecule has 1 aromatic heterocycles. The number of carbonyl (C=O) groups excluding carboxylic acids is 2. The van der Waals surface area contributed by atoms with Crippen LogP contribution in [0.1, 0.15) is 19.5 Å². The van der Waals surface area contributed by atoms with Crippen LogP contribution in [-0.4, -0.2) is 71.2 Å². The molecule has 0 aliphatic carbocycles. The molecule has 1 fully saturated rings. The lowest BCUT2D eigenvalue weighted by molar-refractivity contribution is -0.145. The Morgan fingerprint density at radius 3 is 2.88 bits per heavy atom. The molecule has 3 amide bonds. The first-order valence-electron chi connectivity index (χ1n) is 8.23. The third-order valence-corrected chi connectivity index (χ3v) is 3.85. The third-order valence-electron chi connectivity index (χ3n) is 3.85. The van der Waals surface area contributed by atoms with Crippen LogP contribution < -0.4 is 5.32 Å². The van der Waals surface area contributed by atoms with Gasteiger partial charge in [0.25, 0.3) is 5.91 Å². The van der Waals surface area contributed by atoms with Crippen LogP contribution in [-0.2, 0) is 22.6 Å². The van der Waals surface area contributed by atoms with Gasteiger partial charge in [-0.2, -0.15) is 0 Å². The molecule has 8 nitrogen and oxygen atoms in total. The van der Waals surface area contributed by atoms with E-state index < -0.39 is 6.10 Å². The van der Waals surface area contributed by atoms with E-state index in [9.17, 15) is 9.59 Å². The van der Waals surface area contributed by atoms with Gasteiger partial charge in [-0.1, -0.05) is 13.8 Å². The van der Waals surface area contributed by atoms with Crippen molar-refractivity contribution in [3.63, 3.8) is 0 Å². The van der Waals surface area contributed by atoms with Crippen LogP contribution in [0.15, 0.2) is 12.5 Å². The van der Waals surface area contributed by atoms with Gasteiger partial charge in [-0.25, -0.2) is 9.78 Å². The van der Waals surface area contributed by atoms with Crippen LogP contribution in [0.2, 0.25) is 0 Å². The van der Waals surface area contributed by atoms with E-state index in [1.54, 1.807) is 31.5 Å². The molecule has 2 rings (SSSR count). The van der Waals surface area contributed by atoms with Crippen molar-refractivity contribution in [1.29, 1.82) is 0 Å². The molecule has 0 spiro atoms. The summed E-state index contributed by atoms with van der Waals surface area (Å²) in [6, 6.07) is -0.188. The number of nitrogens with one attached hydrogen (secondary N) is 1. The number of urea groups is 1. The molecule has 24 heavy (non-hydrogen) atoms. The number of likely N-dealkylation sites (N-methyl/N-ethyl adjacent to an activating group) is 1. The van der Waals surface area contributed by atoms with Crippen LogP contribution in [0.5, 0.6) is 0 Å². The van der Waals surface area contributed by atoms with Gasteiger partial charge in [0.2, 0.25) is 0 Å². The number of hydrogen-bond acceptors (Lipinski definition) is 4. The van der Waals surface area contributed by atoms with Crippen LogP contribution in [0, 0.1) is 5.92 Å². The number of imidazole rings is 1. The Bertz CT molecular complexity index is 570. The summed E-state index contributed by atoms with van der Waals surface area (Å²) >= 11 is 0. The molecule has 1 unspecified atom stereocenters. The minimum Gasteiger partial charge on any atom is -0.365 e. The van der Waals surface area contributed by atoms with Gasteiger partial charge in [0.1, 0.15) is 0 Å². The van der Waals surface area contributed by atoms with E-state index in [0.717, 1.165) is 12.2 Å². The maximum absolute atomic E-state index is 12.4. The Morgan fingerprint density at radius 1 is 1.46 bits per heavy atom. The molecule has 0 aromatic carbocycles. The summed E-state index contributed by atoms with van der Waals surface area (Å²) in [5.41, 5.74) is 0.964. The first-order chi connectivity index (χ1) is 11.4. The van der Waals surface area contributed by atoms with E-state index in [4.69, 9.17) is 4.74 Å². The second-order valence-electron chi connectivity index (χ2n) is 6.63. The molecule has 134 valence electrons. The Morgan fingerprint density at radius 2 is 2.21 bits per heavy atom. The lowest BCUT2D eigenvalue weighted by Gasteiger charge is -2.33. The van der Waals surface area contributed by atoms with Gasteiger partial charge in [-0.3, -0.25) is 4.79 Å². The van der Waals surface area contributed by atoms with Gasteiger partial charge < -0.3 is 24.4 Å². The zero-order valence-electron chi connectivity index (χ0n) is 14.9. The molecular formula is C16H27N5O3.